The van der Waals surface area contributed by atoms with E-state index < -0.39 is 23.0 Å². The molecule has 2 aliphatic carbocycles. The summed E-state index contributed by atoms with van der Waals surface area (Å²) in [6.07, 6.45) is 4.88. The summed E-state index contributed by atoms with van der Waals surface area (Å²) in [6.45, 7) is 8.64. The average molecular weight is 763 g/mol. The van der Waals surface area contributed by atoms with E-state index in [9.17, 15) is 19.5 Å². The number of morpholine rings is 1. The fraction of sp³-hybridized carbons (Fsp3) is 0.450. The van der Waals surface area contributed by atoms with Gasteiger partial charge in [-0.2, -0.15) is 9.50 Å². The van der Waals surface area contributed by atoms with Gasteiger partial charge >= 0.3 is 0 Å². The monoisotopic (exact) mass is 762 g/mol. The molecule has 1 spiro atoms. The van der Waals surface area contributed by atoms with E-state index in [0.29, 0.717) is 85.5 Å². The number of carbonyl (C=O) groups is 2. The zero-order chi connectivity index (χ0) is 38.9. The van der Waals surface area contributed by atoms with Gasteiger partial charge in [0.25, 0.3) is 11.5 Å². The third-order valence-electron chi connectivity index (χ3n) is 12.0. The molecule has 0 radical (unpaired) electrons. The molecular weight excluding hydrogens is 720 g/mol. The van der Waals surface area contributed by atoms with Gasteiger partial charge in [-0.3, -0.25) is 14.4 Å². The van der Waals surface area contributed by atoms with Crippen LogP contribution in [-0.2, 0) is 21.5 Å². The van der Waals surface area contributed by atoms with Crippen molar-refractivity contribution in [1.29, 1.82) is 0 Å². The number of hydrogen-bond acceptors (Lipinski definition) is 11. The number of rotatable bonds is 7. The number of halogens is 1. The minimum absolute atomic E-state index is 0.0553. The molecule has 1 saturated carbocycles. The molecule has 1 atom stereocenters. The minimum Gasteiger partial charge on any atom is -0.504 e. The molecule has 2 saturated heterocycles. The van der Waals surface area contributed by atoms with Crippen molar-refractivity contribution in [3.8, 4) is 17.1 Å². The van der Waals surface area contributed by atoms with E-state index in [1.807, 2.05) is 32.0 Å². The maximum absolute atomic E-state index is 15.2. The topological polar surface area (TPSA) is 173 Å². The number of piperidine rings is 1. The van der Waals surface area contributed by atoms with Crippen LogP contribution < -0.4 is 15.8 Å². The molecule has 2 N–H and O–H groups in total. The lowest BCUT2D eigenvalue weighted by Crippen LogP contribution is -2.46. The Morgan fingerprint density at radius 1 is 1.02 bits per heavy atom. The Morgan fingerprint density at radius 2 is 1.79 bits per heavy atom. The second kappa shape index (κ2) is 13.8. The molecule has 2 aliphatic heterocycles. The highest BCUT2D eigenvalue weighted by atomic mass is 19.1. The molecule has 15 nitrogen and oxygen atoms in total. The summed E-state index contributed by atoms with van der Waals surface area (Å²) >= 11 is 0. The van der Waals surface area contributed by atoms with Crippen LogP contribution in [-0.4, -0.2) is 95.3 Å². The van der Waals surface area contributed by atoms with Crippen molar-refractivity contribution in [3.05, 3.63) is 86.7 Å². The molecule has 9 rings (SSSR count). The molecule has 290 valence electrons. The molecule has 6 heterocycles. The van der Waals surface area contributed by atoms with Gasteiger partial charge in [-0.25, -0.2) is 19.3 Å². The number of anilines is 2. The van der Waals surface area contributed by atoms with Gasteiger partial charge in [-0.1, -0.05) is 13.0 Å². The van der Waals surface area contributed by atoms with Crippen LogP contribution in [0, 0.1) is 19.7 Å². The van der Waals surface area contributed by atoms with E-state index >= 15 is 4.39 Å². The van der Waals surface area contributed by atoms with Crippen LogP contribution in [0.5, 0.6) is 5.75 Å². The SMILES string of the molecule is Cc1nc(N2CCOCC2)ccc1-c1nc2n(CC(=O)Nc3ccc(C4CC4)cc3F)c3c(c(=O)n2n1)C1(CCN(C(=O)c2ncnc(C)c2O)CC1)CC3C. The summed E-state index contributed by atoms with van der Waals surface area (Å²) in [7, 11) is 0. The summed E-state index contributed by atoms with van der Waals surface area (Å²) in [5.41, 5.74) is 2.90. The Balaban J connectivity index is 1.09. The van der Waals surface area contributed by atoms with Crippen LogP contribution in [0.3, 0.4) is 0 Å². The van der Waals surface area contributed by atoms with Crippen molar-refractivity contribution in [3.63, 3.8) is 0 Å². The quantitative estimate of drug-likeness (QED) is 0.243. The molecule has 1 aromatic carbocycles. The van der Waals surface area contributed by atoms with Crippen molar-refractivity contribution >= 4 is 29.1 Å². The maximum atomic E-state index is 15.2. The molecular formula is C40H43FN10O5. The first-order valence-electron chi connectivity index (χ1n) is 19.2. The van der Waals surface area contributed by atoms with Crippen LogP contribution in [0.4, 0.5) is 15.9 Å². The smallest absolute Gasteiger partial charge is 0.279 e. The van der Waals surface area contributed by atoms with Gasteiger partial charge in [0.15, 0.2) is 17.3 Å². The number of aromatic hydroxyl groups is 1. The first-order chi connectivity index (χ1) is 27.0. The molecule has 4 aromatic heterocycles. The van der Waals surface area contributed by atoms with Gasteiger partial charge in [-0.05, 0) is 87.6 Å². The molecule has 56 heavy (non-hydrogen) atoms. The number of nitrogens with one attached hydrogen (secondary N) is 1. The Hall–Kier alpha value is -5.77. The van der Waals surface area contributed by atoms with E-state index in [1.54, 1.807) is 22.5 Å². The summed E-state index contributed by atoms with van der Waals surface area (Å²) in [6, 6.07) is 8.76. The number of pyridine rings is 1. The van der Waals surface area contributed by atoms with Gasteiger partial charge in [0.1, 0.15) is 24.5 Å². The van der Waals surface area contributed by atoms with Crippen LogP contribution in [0.1, 0.15) is 89.6 Å². The Labute approximate surface area is 321 Å². The molecule has 5 aromatic rings. The van der Waals surface area contributed by atoms with Crippen LogP contribution in [0.25, 0.3) is 17.2 Å². The highest BCUT2D eigenvalue weighted by Gasteiger charge is 2.49. The molecule has 1 unspecified atom stereocenters. The summed E-state index contributed by atoms with van der Waals surface area (Å²) in [5.74, 6) is -0.0943. The first-order valence-corrected chi connectivity index (χ1v) is 19.2. The predicted molar refractivity (Wildman–Crippen MR) is 204 cm³/mol. The van der Waals surface area contributed by atoms with Gasteiger partial charge in [0.2, 0.25) is 11.7 Å². The number of ether oxygens (including phenoxy) is 1. The van der Waals surface area contributed by atoms with Crippen molar-refractivity contribution in [2.75, 3.05) is 49.6 Å². The average Bonchev–Trinajstić information content (AvgIpc) is 3.88. The normalized spacial score (nSPS) is 19.1. The van der Waals surface area contributed by atoms with Gasteiger partial charge in [-0.15, -0.1) is 5.10 Å². The lowest BCUT2D eigenvalue weighted by atomic mass is 9.73. The van der Waals surface area contributed by atoms with Crippen molar-refractivity contribution in [2.24, 2.45) is 0 Å². The second-order valence-electron chi connectivity index (χ2n) is 15.6. The fourth-order valence-electron chi connectivity index (χ4n) is 8.89. The number of aryl methyl sites for hydroxylation is 2. The van der Waals surface area contributed by atoms with E-state index in [1.165, 1.54) is 16.9 Å². The number of benzene rings is 1. The van der Waals surface area contributed by atoms with Crippen molar-refractivity contribution in [1.82, 2.24) is 39.0 Å². The Bertz CT molecular complexity index is 2460. The fourth-order valence-corrected chi connectivity index (χ4v) is 8.89. The second-order valence-corrected chi connectivity index (χ2v) is 15.6. The number of nitrogens with zero attached hydrogens (tertiary/aromatic N) is 9. The van der Waals surface area contributed by atoms with Crippen LogP contribution >= 0.6 is 0 Å². The van der Waals surface area contributed by atoms with E-state index in [2.05, 4.69) is 20.2 Å². The predicted octanol–water partition coefficient (Wildman–Crippen LogP) is 4.24. The van der Waals surface area contributed by atoms with E-state index in [0.717, 1.165) is 37.3 Å². The molecule has 16 heteroatoms. The summed E-state index contributed by atoms with van der Waals surface area (Å²) in [4.78, 5) is 63.7. The highest BCUT2D eigenvalue weighted by molar-refractivity contribution is 5.95. The molecule has 2 amide bonds. The molecule has 4 aliphatic rings. The third-order valence-corrected chi connectivity index (χ3v) is 12.0. The lowest BCUT2D eigenvalue weighted by Gasteiger charge is -2.39. The van der Waals surface area contributed by atoms with Crippen molar-refractivity contribution in [2.45, 2.75) is 76.7 Å². The number of aromatic nitrogens is 7. The standard InChI is InChI=1S/C40H43FN10O5/c1-22-19-40(10-12-49(13-11-40)38(55)33-35(53)24(3)42-21-43-33)32-34(22)50(20-31(52)45-29-8-6-26(18-28(29)41)25-4-5-25)39-46-36(47-51(39)37(32)54)27-7-9-30(44-23(27)2)48-14-16-56-17-15-48/h6-9,18,21-22,25,53H,4-5,10-17,19-20H2,1-3H3,(H,45,52). The third kappa shape index (κ3) is 6.15. The molecule has 0 bridgehead atoms. The van der Waals surface area contributed by atoms with Gasteiger partial charge in [0, 0.05) is 48.4 Å². The number of hydrogen-bond donors (Lipinski definition) is 2. The highest BCUT2D eigenvalue weighted by Crippen LogP contribution is 2.50. The number of likely N-dealkylation sites (tertiary alicyclic amines) is 1. The summed E-state index contributed by atoms with van der Waals surface area (Å²) < 4.78 is 23.8. The maximum Gasteiger partial charge on any atom is 0.279 e. The van der Waals surface area contributed by atoms with Crippen LogP contribution in [0.2, 0.25) is 0 Å². The number of carbonyl (C=O) groups excluding carboxylic acids is 2. The zero-order valence-electron chi connectivity index (χ0n) is 31.6. The lowest BCUT2D eigenvalue weighted by molar-refractivity contribution is -0.116. The van der Waals surface area contributed by atoms with Crippen LogP contribution in [0.15, 0.2) is 41.5 Å². The number of fused-ring (bicyclic) bond motifs is 3. The number of amides is 2. The van der Waals surface area contributed by atoms with E-state index in [4.69, 9.17) is 19.8 Å². The largest absolute Gasteiger partial charge is 0.504 e. The van der Waals surface area contributed by atoms with E-state index in [-0.39, 0.29) is 40.9 Å². The first kappa shape index (κ1) is 35.9. The minimum atomic E-state index is -0.618. The zero-order valence-corrected chi connectivity index (χ0v) is 31.6. The summed E-state index contributed by atoms with van der Waals surface area (Å²) in [5, 5.41) is 18.1. The van der Waals surface area contributed by atoms with Gasteiger partial charge in [0.05, 0.1) is 30.3 Å². The van der Waals surface area contributed by atoms with Gasteiger partial charge < -0.3 is 29.5 Å². The molecule has 3 fully saturated rings. The Morgan fingerprint density at radius 3 is 2.50 bits per heavy atom. The van der Waals surface area contributed by atoms with Crippen molar-refractivity contribution < 1.29 is 23.8 Å². The Kier molecular flexibility index (Phi) is 8.82.